The Kier molecular flexibility index (Phi) is 3.56. The molecule has 0 spiro atoms. The molecule has 7 nitrogen and oxygen atoms in total. The van der Waals surface area contributed by atoms with Crippen LogP contribution in [0.15, 0.2) is 42.2 Å². The standard InChI is InChI=1S/C18H18N4O3/c1-10-8-14(21-20-10)19-18(25)16-13(23)9-15(24)22-7-6-11-4-2-3-5-12(11)17(16)22/h2-5,8-9,16-17,23H,6-7H2,1H3,(H2,19,20,21,25)/t16-,17+/m1/s1. The number of aliphatic hydroxyl groups is 1. The van der Waals surface area contributed by atoms with Crippen LogP contribution in [0.1, 0.15) is 22.9 Å². The van der Waals surface area contributed by atoms with E-state index in [4.69, 9.17) is 0 Å². The first-order chi connectivity index (χ1) is 12.0. The quantitative estimate of drug-likeness (QED) is 0.778. The van der Waals surface area contributed by atoms with Crippen molar-refractivity contribution in [1.82, 2.24) is 15.1 Å². The van der Waals surface area contributed by atoms with Gasteiger partial charge in [0.15, 0.2) is 5.82 Å². The number of hydrogen-bond donors (Lipinski definition) is 3. The van der Waals surface area contributed by atoms with E-state index in [0.29, 0.717) is 12.4 Å². The minimum Gasteiger partial charge on any atom is -0.511 e. The highest BCUT2D eigenvalue weighted by Gasteiger charge is 2.44. The number of aromatic amines is 1. The topological polar surface area (TPSA) is 98.3 Å². The smallest absolute Gasteiger partial charge is 0.250 e. The number of hydrogen-bond acceptors (Lipinski definition) is 4. The highest BCUT2D eigenvalue weighted by Crippen LogP contribution is 2.41. The summed E-state index contributed by atoms with van der Waals surface area (Å²) in [4.78, 5) is 26.8. The molecule has 2 atom stereocenters. The van der Waals surface area contributed by atoms with E-state index in [2.05, 4.69) is 15.5 Å². The molecule has 4 rings (SSSR count). The van der Waals surface area contributed by atoms with E-state index in [1.165, 1.54) is 0 Å². The van der Waals surface area contributed by atoms with Gasteiger partial charge in [0.2, 0.25) is 5.91 Å². The minimum atomic E-state index is -0.865. The molecule has 2 amide bonds. The number of aliphatic hydroxyl groups excluding tert-OH is 1. The first-order valence-electron chi connectivity index (χ1n) is 8.16. The second-order valence-electron chi connectivity index (χ2n) is 6.40. The summed E-state index contributed by atoms with van der Waals surface area (Å²) in [6.07, 6.45) is 1.88. The zero-order chi connectivity index (χ0) is 17.6. The summed E-state index contributed by atoms with van der Waals surface area (Å²) >= 11 is 0. The summed E-state index contributed by atoms with van der Waals surface area (Å²) in [5.74, 6) is -1.34. The number of aromatic nitrogens is 2. The summed E-state index contributed by atoms with van der Waals surface area (Å²) in [6, 6.07) is 8.93. The molecule has 1 aromatic heterocycles. The number of aryl methyl sites for hydroxylation is 1. The van der Waals surface area contributed by atoms with Crippen LogP contribution in [0, 0.1) is 12.8 Å². The lowest BCUT2D eigenvalue weighted by molar-refractivity contribution is -0.134. The first kappa shape index (κ1) is 15.4. The minimum absolute atomic E-state index is 0.215. The zero-order valence-electron chi connectivity index (χ0n) is 13.7. The molecule has 0 saturated carbocycles. The van der Waals surface area contributed by atoms with Gasteiger partial charge in [-0.2, -0.15) is 5.10 Å². The molecule has 0 bridgehead atoms. The number of benzene rings is 1. The van der Waals surface area contributed by atoms with Gasteiger partial charge in [0.25, 0.3) is 5.91 Å². The van der Waals surface area contributed by atoms with Crippen LogP contribution in [0.25, 0.3) is 0 Å². The fourth-order valence-electron chi connectivity index (χ4n) is 3.63. The summed E-state index contributed by atoms with van der Waals surface area (Å²) in [7, 11) is 0. The number of carbonyl (C=O) groups is 2. The van der Waals surface area contributed by atoms with E-state index in [-0.39, 0.29) is 17.6 Å². The zero-order valence-corrected chi connectivity index (χ0v) is 13.7. The van der Waals surface area contributed by atoms with Gasteiger partial charge < -0.3 is 15.3 Å². The predicted molar refractivity (Wildman–Crippen MR) is 90.8 cm³/mol. The van der Waals surface area contributed by atoms with E-state index < -0.39 is 12.0 Å². The van der Waals surface area contributed by atoms with Crippen molar-refractivity contribution in [3.63, 3.8) is 0 Å². The van der Waals surface area contributed by atoms with Crippen LogP contribution in [-0.4, -0.2) is 38.6 Å². The fraction of sp³-hybridized carbons (Fsp3) is 0.278. The van der Waals surface area contributed by atoms with Crippen LogP contribution in [0.3, 0.4) is 0 Å². The van der Waals surface area contributed by atoms with Crippen molar-refractivity contribution in [2.24, 2.45) is 5.92 Å². The Morgan fingerprint density at radius 3 is 2.96 bits per heavy atom. The van der Waals surface area contributed by atoms with Gasteiger partial charge in [0.1, 0.15) is 11.7 Å². The Balaban J connectivity index is 1.73. The molecule has 0 fully saturated rings. The van der Waals surface area contributed by atoms with Gasteiger partial charge >= 0.3 is 0 Å². The Morgan fingerprint density at radius 2 is 2.20 bits per heavy atom. The van der Waals surface area contributed by atoms with Crippen LogP contribution in [0.4, 0.5) is 5.82 Å². The van der Waals surface area contributed by atoms with Gasteiger partial charge in [-0.3, -0.25) is 14.7 Å². The van der Waals surface area contributed by atoms with E-state index >= 15 is 0 Å². The molecule has 3 N–H and O–H groups in total. The SMILES string of the molecule is Cc1cc(NC(=O)[C@@H]2C(O)=CC(=O)N3CCc4ccccc4[C@@H]23)n[nH]1. The lowest BCUT2D eigenvalue weighted by Crippen LogP contribution is -2.49. The number of anilines is 1. The van der Waals surface area contributed by atoms with Crippen LogP contribution in [0.5, 0.6) is 0 Å². The van der Waals surface area contributed by atoms with E-state index in [0.717, 1.165) is 29.3 Å². The van der Waals surface area contributed by atoms with E-state index in [9.17, 15) is 14.7 Å². The average molecular weight is 338 g/mol. The Labute approximate surface area is 144 Å². The van der Waals surface area contributed by atoms with Gasteiger partial charge in [-0.25, -0.2) is 0 Å². The predicted octanol–water partition coefficient (Wildman–Crippen LogP) is 1.85. The molecule has 0 aliphatic carbocycles. The molecular formula is C18H18N4O3. The van der Waals surface area contributed by atoms with Gasteiger partial charge in [-0.15, -0.1) is 0 Å². The van der Waals surface area contributed by atoms with Gasteiger partial charge in [-0.05, 0) is 24.5 Å². The van der Waals surface area contributed by atoms with Crippen molar-refractivity contribution in [3.8, 4) is 0 Å². The Morgan fingerprint density at radius 1 is 1.40 bits per heavy atom. The molecule has 2 aliphatic heterocycles. The van der Waals surface area contributed by atoms with Crippen LogP contribution >= 0.6 is 0 Å². The van der Waals surface area contributed by atoms with Crippen molar-refractivity contribution < 1.29 is 14.7 Å². The Hall–Kier alpha value is -3.09. The van der Waals surface area contributed by atoms with Crippen LogP contribution < -0.4 is 5.32 Å². The van der Waals surface area contributed by atoms with Gasteiger partial charge in [0, 0.05) is 24.4 Å². The number of nitrogens with one attached hydrogen (secondary N) is 2. The maximum absolute atomic E-state index is 12.9. The highest BCUT2D eigenvalue weighted by molar-refractivity contribution is 5.98. The number of amides is 2. The van der Waals surface area contributed by atoms with Crippen molar-refractivity contribution in [3.05, 3.63) is 59.0 Å². The lowest BCUT2D eigenvalue weighted by Gasteiger charge is -2.42. The first-order valence-corrected chi connectivity index (χ1v) is 8.16. The van der Waals surface area contributed by atoms with Crippen LogP contribution in [-0.2, 0) is 16.0 Å². The molecule has 2 aliphatic rings. The number of carbonyl (C=O) groups excluding carboxylic acids is 2. The Bertz CT molecular complexity index is 886. The summed E-state index contributed by atoms with van der Waals surface area (Å²) < 4.78 is 0. The molecule has 2 aromatic rings. The summed E-state index contributed by atoms with van der Waals surface area (Å²) in [6.45, 7) is 2.36. The molecule has 3 heterocycles. The molecular weight excluding hydrogens is 320 g/mol. The second-order valence-corrected chi connectivity index (χ2v) is 6.40. The van der Waals surface area contributed by atoms with Gasteiger partial charge in [0.05, 0.1) is 6.04 Å². The van der Waals surface area contributed by atoms with Crippen molar-refractivity contribution >= 4 is 17.6 Å². The maximum Gasteiger partial charge on any atom is 0.250 e. The number of fused-ring (bicyclic) bond motifs is 3. The van der Waals surface area contributed by atoms with Gasteiger partial charge in [-0.1, -0.05) is 24.3 Å². The van der Waals surface area contributed by atoms with Crippen LogP contribution in [0.2, 0.25) is 0 Å². The lowest BCUT2D eigenvalue weighted by atomic mass is 9.81. The largest absolute Gasteiger partial charge is 0.511 e. The molecule has 0 unspecified atom stereocenters. The highest BCUT2D eigenvalue weighted by atomic mass is 16.3. The van der Waals surface area contributed by atoms with E-state index in [1.54, 1.807) is 11.0 Å². The molecule has 0 radical (unpaired) electrons. The van der Waals surface area contributed by atoms with Crippen molar-refractivity contribution in [2.75, 3.05) is 11.9 Å². The third-order valence-corrected chi connectivity index (χ3v) is 4.76. The molecule has 128 valence electrons. The molecule has 7 heteroatoms. The molecule has 1 aromatic carbocycles. The van der Waals surface area contributed by atoms with E-state index in [1.807, 2.05) is 31.2 Å². The third kappa shape index (κ3) is 2.57. The summed E-state index contributed by atoms with van der Waals surface area (Å²) in [5.41, 5.74) is 2.82. The molecule has 0 saturated heterocycles. The maximum atomic E-state index is 12.9. The monoisotopic (exact) mass is 338 g/mol. The number of nitrogens with zero attached hydrogens (tertiary/aromatic N) is 2. The third-order valence-electron chi connectivity index (χ3n) is 4.76. The molecule has 25 heavy (non-hydrogen) atoms. The average Bonchev–Trinajstić information content (AvgIpc) is 2.99. The number of H-pyrrole nitrogens is 1. The number of rotatable bonds is 2. The normalized spacial score (nSPS) is 22.0. The second kappa shape index (κ2) is 5.77. The fourth-order valence-corrected chi connectivity index (χ4v) is 3.63. The van der Waals surface area contributed by atoms with Crippen molar-refractivity contribution in [2.45, 2.75) is 19.4 Å². The summed E-state index contributed by atoms with van der Waals surface area (Å²) in [5, 5.41) is 19.9. The van der Waals surface area contributed by atoms with Crippen molar-refractivity contribution in [1.29, 1.82) is 0 Å².